The van der Waals surface area contributed by atoms with Crippen LogP contribution in [0, 0.1) is 19.3 Å². The zero-order chi connectivity index (χ0) is 12.7. The van der Waals surface area contributed by atoms with Crippen LogP contribution in [-0.4, -0.2) is 23.9 Å². The van der Waals surface area contributed by atoms with Crippen LogP contribution in [0.3, 0.4) is 0 Å². The summed E-state index contributed by atoms with van der Waals surface area (Å²) in [7, 11) is 0. The standard InChI is InChI=1S/3C6H11.Sn.H2/c3*1-2-4-6-5-3-1;;/h3*1H,2-6H2;;1H. The van der Waals surface area contributed by atoms with Gasteiger partial charge in [0.15, 0.2) is 0 Å². The third-order valence-electron chi connectivity index (χ3n) is 3.95. The molecule has 0 aromatic carbocycles. The van der Waals surface area contributed by atoms with E-state index in [2.05, 4.69) is 19.3 Å². The van der Waals surface area contributed by atoms with Crippen LogP contribution in [0.5, 0.6) is 0 Å². The minimum absolute atomic E-state index is 0. The molecule has 0 aliphatic heterocycles. The first-order valence-corrected chi connectivity index (χ1v) is 8.45. The summed E-state index contributed by atoms with van der Waals surface area (Å²) in [4.78, 5) is 0. The van der Waals surface area contributed by atoms with Gasteiger partial charge in [-0.2, -0.15) is 0 Å². The van der Waals surface area contributed by atoms with E-state index < -0.39 is 0 Å². The van der Waals surface area contributed by atoms with Gasteiger partial charge in [-0.05, 0) is 19.3 Å². The molecule has 0 amide bonds. The van der Waals surface area contributed by atoms with Gasteiger partial charge in [0.2, 0.25) is 0 Å². The summed E-state index contributed by atoms with van der Waals surface area (Å²) >= 11 is 0. The van der Waals surface area contributed by atoms with Crippen LogP contribution >= 0.6 is 0 Å². The summed E-state index contributed by atoms with van der Waals surface area (Å²) in [6.07, 6.45) is 28.5. The van der Waals surface area contributed by atoms with Crippen LogP contribution in [0.4, 0.5) is 0 Å². The van der Waals surface area contributed by atoms with E-state index in [4.69, 9.17) is 0 Å². The van der Waals surface area contributed by atoms with Gasteiger partial charge < -0.3 is 0 Å². The average molecular weight is 370 g/mol. The first kappa shape index (κ1) is 19.8. The fourth-order valence-corrected chi connectivity index (χ4v) is 2.70. The molecule has 7 radical (unpaired) electrons. The van der Waals surface area contributed by atoms with E-state index in [0.717, 1.165) is 0 Å². The Morgan fingerprint density at radius 2 is 0.579 bits per heavy atom. The Morgan fingerprint density at radius 1 is 0.368 bits per heavy atom. The van der Waals surface area contributed by atoms with Gasteiger partial charge in [-0.3, -0.25) is 0 Å². The minimum Gasteiger partial charge on any atom is -0.0533 e. The molecule has 0 aromatic heterocycles. The quantitative estimate of drug-likeness (QED) is 0.437. The molecule has 1 heteroatoms. The first-order valence-electron chi connectivity index (χ1n) is 8.45. The number of hydrogen-bond acceptors (Lipinski definition) is 0. The van der Waals surface area contributed by atoms with E-state index in [9.17, 15) is 0 Å². The molecule has 0 N–H and O–H groups in total. The molecule has 3 fully saturated rings. The molecule has 0 heterocycles. The molecule has 3 aliphatic rings. The predicted molar refractivity (Wildman–Crippen MR) is 90.0 cm³/mol. The van der Waals surface area contributed by atoms with Gasteiger partial charge in [0.25, 0.3) is 0 Å². The van der Waals surface area contributed by atoms with Gasteiger partial charge in [-0.1, -0.05) is 96.3 Å². The van der Waals surface area contributed by atoms with Crippen molar-refractivity contribution in [2.45, 2.75) is 96.3 Å². The summed E-state index contributed by atoms with van der Waals surface area (Å²) in [5, 5.41) is 0. The summed E-state index contributed by atoms with van der Waals surface area (Å²) in [6.45, 7) is 0. The molecule has 0 spiro atoms. The second kappa shape index (κ2) is 16.9. The molecule has 0 bridgehead atoms. The second-order valence-electron chi connectivity index (χ2n) is 5.78. The fourth-order valence-electron chi connectivity index (χ4n) is 2.70. The summed E-state index contributed by atoms with van der Waals surface area (Å²) < 4.78 is 0. The Bertz CT molecular complexity index is 86.4. The van der Waals surface area contributed by atoms with Crippen LogP contribution < -0.4 is 0 Å². The normalized spacial score (nSPS) is 22.7. The van der Waals surface area contributed by atoms with Gasteiger partial charge in [0.05, 0.1) is 0 Å². The number of hydrogen-bond donors (Lipinski definition) is 0. The van der Waals surface area contributed by atoms with Gasteiger partial charge >= 0.3 is 0 Å². The summed E-state index contributed by atoms with van der Waals surface area (Å²) in [5.41, 5.74) is 0. The van der Waals surface area contributed by atoms with Crippen molar-refractivity contribution in [3.8, 4) is 0 Å². The smallest absolute Gasteiger partial charge is 0 e. The van der Waals surface area contributed by atoms with Gasteiger partial charge in [-0.15, -0.1) is 0 Å². The second-order valence-corrected chi connectivity index (χ2v) is 5.78. The molecule has 19 heavy (non-hydrogen) atoms. The summed E-state index contributed by atoms with van der Waals surface area (Å²) in [5.74, 6) is 0. The fraction of sp³-hybridized carbons (Fsp3) is 0.833. The van der Waals surface area contributed by atoms with E-state index in [1.165, 1.54) is 96.3 Å². The maximum absolute atomic E-state index is 2.39. The van der Waals surface area contributed by atoms with Gasteiger partial charge in [-0.25, -0.2) is 0 Å². The van der Waals surface area contributed by atoms with Crippen LogP contribution in [0.1, 0.15) is 97.7 Å². The van der Waals surface area contributed by atoms with E-state index in [0.29, 0.717) is 0 Å². The molecular weight excluding hydrogens is 335 g/mol. The van der Waals surface area contributed by atoms with Crippen molar-refractivity contribution >= 4 is 23.9 Å². The van der Waals surface area contributed by atoms with Gasteiger partial charge in [0, 0.05) is 25.3 Å². The zero-order valence-electron chi connectivity index (χ0n) is 12.8. The first-order chi connectivity index (χ1) is 9.00. The van der Waals surface area contributed by atoms with Crippen molar-refractivity contribution in [2.75, 3.05) is 0 Å². The third-order valence-corrected chi connectivity index (χ3v) is 3.95. The largest absolute Gasteiger partial charge is 0.0533 e. The SMILES string of the molecule is [CH]1CCCCC1.[CH]1CCCCC1.[CH]1CCCCC1.[HH].[Sn]. The predicted octanol–water partition coefficient (Wildman–Crippen LogP) is 6.33. The van der Waals surface area contributed by atoms with Crippen molar-refractivity contribution in [2.24, 2.45) is 0 Å². The third kappa shape index (κ3) is 15.0. The van der Waals surface area contributed by atoms with Gasteiger partial charge in [0.1, 0.15) is 0 Å². The Kier molecular flexibility index (Phi) is 17.6. The maximum Gasteiger partial charge on any atom is 0 e. The Hall–Kier alpha value is 0.799. The van der Waals surface area contributed by atoms with E-state index in [1.54, 1.807) is 0 Å². The molecule has 0 nitrogen and oxygen atoms in total. The van der Waals surface area contributed by atoms with Crippen molar-refractivity contribution in [3.63, 3.8) is 0 Å². The number of rotatable bonds is 0. The van der Waals surface area contributed by atoms with E-state index in [-0.39, 0.29) is 25.3 Å². The summed E-state index contributed by atoms with van der Waals surface area (Å²) in [6, 6.07) is 0. The van der Waals surface area contributed by atoms with Crippen LogP contribution in [-0.2, 0) is 0 Å². The Balaban J connectivity index is 0. The van der Waals surface area contributed by atoms with Crippen molar-refractivity contribution in [1.82, 2.24) is 0 Å². The van der Waals surface area contributed by atoms with Crippen LogP contribution in [0.2, 0.25) is 0 Å². The van der Waals surface area contributed by atoms with Crippen molar-refractivity contribution < 1.29 is 1.43 Å². The molecule has 0 atom stereocenters. The Morgan fingerprint density at radius 3 is 0.632 bits per heavy atom. The molecule has 3 aliphatic carbocycles. The average Bonchev–Trinajstić information content (AvgIpc) is 2.54. The monoisotopic (exact) mass is 371 g/mol. The molecule has 0 saturated heterocycles. The molecule has 3 saturated carbocycles. The minimum atomic E-state index is 0. The van der Waals surface area contributed by atoms with E-state index in [1.807, 2.05) is 0 Å². The molecular formula is C18H35Sn. The zero-order valence-corrected chi connectivity index (χ0v) is 15.7. The topological polar surface area (TPSA) is 0 Å². The molecule has 0 aromatic rings. The van der Waals surface area contributed by atoms with Crippen molar-refractivity contribution in [1.29, 1.82) is 0 Å². The molecule has 3 rings (SSSR count). The van der Waals surface area contributed by atoms with Crippen molar-refractivity contribution in [3.05, 3.63) is 19.3 Å². The van der Waals surface area contributed by atoms with Crippen LogP contribution in [0.15, 0.2) is 0 Å². The molecule has 0 unspecified atom stereocenters. The van der Waals surface area contributed by atoms with E-state index >= 15 is 0 Å². The van der Waals surface area contributed by atoms with Crippen LogP contribution in [0.25, 0.3) is 0 Å². The Labute approximate surface area is 141 Å². The maximum atomic E-state index is 2.39. The molecule has 111 valence electrons.